The first-order chi connectivity index (χ1) is 36.7. The third-order valence-electron chi connectivity index (χ3n) is 12.6. The zero-order valence-corrected chi connectivity index (χ0v) is 44.0. The molecule has 7 heteroatoms. The van der Waals surface area contributed by atoms with Crippen LogP contribution in [0.3, 0.4) is 0 Å². The van der Waals surface area contributed by atoms with Gasteiger partial charge in [0, 0.05) is 32.8 Å². The van der Waals surface area contributed by atoms with E-state index in [-0.39, 0.29) is 40.8 Å². The molecule has 0 bridgehead atoms. The Morgan fingerprint density at radius 3 is 1.20 bits per heavy atom. The van der Waals surface area contributed by atoms with E-state index in [4.69, 9.17) is 0 Å². The van der Waals surface area contributed by atoms with E-state index < -0.39 is 0 Å². The average molecular weight is 1160 g/mol. The summed E-state index contributed by atoms with van der Waals surface area (Å²) in [5, 5.41) is 4.73. The molecule has 5 heterocycles. The molecular formula is C69H46N5Pd2-3. The molecule has 0 atom stereocenters. The van der Waals surface area contributed by atoms with Gasteiger partial charge in [-0.15, -0.1) is 81.7 Å². The zero-order chi connectivity index (χ0) is 49.7. The smallest absolute Gasteiger partial charge is 0.679 e. The van der Waals surface area contributed by atoms with Crippen LogP contribution in [0.25, 0.3) is 111 Å². The number of fused-ring (bicyclic) bond motifs is 6. The standard InChI is InChI=1S/2C23H16N.C12H7N.C11H7N2.2Pd/c2*1-3-8-18(9-4-1)20-12-7-13-22(16-20)23-17-21(14-15-24-23)19-10-5-2-6-11-19;1-3-7-11-9(5-1)10-6-2-4-8-12(10)13-11;1-2-6-10-8(4-1)9-5-3-7-12-11(9)13-10;;/h2*1-12,14-17H;2*1-7H;;/q2*-1;-2;-1;;+2. The first-order valence-electron chi connectivity index (χ1n) is 24.5. The Morgan fingerprint density at radius 2 is 0.697 bits per heavy atom. The van der Waals surface area contributed by atoms with Gasteiger partial charge in [0.25, 0.3) is 0 Å². The van der Waals surface area contributed by atoms with Crippen LogP contribution >= 0.6 is 0 Å². The number of aromatic nitrogens is 5. The van der Waals surface area contributed by atoms with Gasteiger partial charge in [-0.25, -0.2) is 0 Å². The number of benzene rings is 9. The largest absolute Gasteiger partial charge is 2.00 e. The van der Waals surface area contributed by atoms with E-state index in [0.717, 1.165) is 50.1 Å². The Hall–Kier alpha value is -8.65. The van der Waals surface area contributed by atoms with E-state index in [1.165, 1.54) is 60.7 Å². The van der Waals surface area contributed by atoms with Crippen LogP contribution in [-0.4, -0.2) is 15.0 Å². The summed E-state index contributed by atoms with van der Waals surface area (Å²) in [6.07, 6.45) is 5.50. The average Bonchev–Trinajstić information content (AvgIpc) is 4.08. The van der Waals surface area contributed by atoms with Crippen LogP contribution in [-0.2, 0) is 40.8 Å². The predicted molar refractivity (Wildman–Crippen MR) is 305 cm³/mol. The van der Waals surface area contributed by atoms with Crippen molar-refractivity contribution in [1.82, 2.24) is 24.9 Å². The SMILES string of the molecule is [Pd+2].[Pd].[c-]1ccc(-c2ccccc2)cc1-c1cc(-c2ccccc2)ccn1.[c-]1ccc(-c2ccccc2)cc1-c1cc(-c2ccccc2)ccn1.[c-]1cccc2c1[n-]c1ccccc12.c1ccc2c(c1)[n-]c1ncccc12. The molecule has 0 spiro atoms. The molecule has 0 aliphatic rings. The van der Waals surface area contributed by atoms with Crippen LogP contribution in [0.2, 0.25) is 0 Å². The van der Waals surface area contributed by atoms with Crippen LogP contribution in [0.1, 0.15) is 0 Å². The Kier molecular flexibility index (Phi) is 17.5. The van der Waals surface area contributed by atoms with E-state index in [2.05, 4.69) is 201 Å². The summed E-state index contributed by atoms with van der Waals surface area (Å²) in [6.45, 7) is 0. The molecule has 0 unspecified atom stereocenters. The van der Waals surface area contributed by atoms with Gasteiger partial charge in [0.15, 0.2) is 0 Å². The van der Waals surface area contributed by atoms with Crippen LogP contribution in [0.4, 0.5) is 0 Å². The maximum Gasteiger partial charge on any atom is 2.00 e. The third-order valence-corrected chi connectivity index (χ3v) is 12.6. The third kappa shape index (κ3) is 12.5. The van der Waals surface area contributed by atoms with Gasteiger partial charge in [0.2, 0.25) is 0 Å². The van der Waals surface area contributed by atoms with Crippen molar-refractivity contribution in [3.8, 4) is 67.0 Å². The topological polar surface area (TPSA) is 66.9 Å². The number of hydrogen-bond donors (Lipinski definition) is 0. The fourth-order valence-electron chi connectivity index (χ4n) is 8.89. The van der Waals surface area contributed by atoms with E-state index in [0.29, 0.717) is 0 Å². The summed E-state index contributed by atoms with van der Waals surface area (Å²) >= 11 is 0. The second-order valence-corrected chi connectivity index (χ2v) is 17.4. The summed E-state index contributed by atoms with van der Waals surface area (Å²) in [7, 11) is 0. The number of nitrogens with zero attached hydrogens (tertiary/aromatic N) is 5. The number of rotatable bonds is 6. The van der Waals surface area contributed by atoms with Crippen LogP contribution < -0.4 is 9.97 Å². The number of pyridine rings is 3. The number of para-hydroxylation sites is 3. The molecule has 9 aromatic carbocycles. The van der Waals surface area contributed by atoms with Crippen molar-refractivity contribution in [3.63, 3.8) is 0 Å². The quantitative estimate of drug-likeness (QED) is 0.123. The molecule has 0 radical (unpaired) electrons. The molecule has 14 aromatic rings. The van der Waals surface area contributed by atoms with Gasteiger partial charge in [-0.1, -0.05) is 211 Å². The molecule has 0 amide bonds. The van der Waals surface area contributed by atoms with Crippen LogP contribution in [0.5, 0.6) is 0 Å². The molecular weight excluding hydrogens is 1110 g/mol. The Bertz CT molecular complexity index is 3550. The fraction of sp³-hybridized carbons (Fsp3) is 0. The van der Waals surface area contributed by atoms with Crippen molar-refractivity contribution in [2.45, 2.75) is 0 Å². The van der Waals surface area contributed by atoms with Gasteiger partial charge in [0.05, 0.1) is 0 Å². The normalized spacial score (nSPS) is 10.4. The molecule has 0 fully saturated rings. The van der Waals surface area contributed by atoms with Gasteiger partial charge in [0.1, 0.15) is 0 Å². The first kappa shape index (κ1) is 52.2. The maximum atomic E-state index is 4.54. The molecule has 14 rings (SSSR count). The van der Waals surface area contributed by atoms with E-state index >= 15 is 0 Å². The minimum atomic E-state index is 0. The number of hydrogen-bond acceptors (Lipinski definition) is 3. The van der Waals surface area contributed by atoms with Gasteiger partial charge in [-0.2, -0.15) is 24.3 Å². The summed E-state index contributed by atoms with van der Waals surface area (Å²) in [4.78, 5) is 22.1. The second-order valence-electron chi connectivity index (χ2n) is 17.4. The van der Waals surface area contributed by atoms with Crippen LogP contribution in [0, 0.1) is 18.2 Å². The van der Waals surface area contributed by atoms with Gasteiger partial charge < -0.3 is 24.9 Å². The second kappa shape index (κ2) is 25.5. The molecule has 0 saturated carbocycles. The van der Waals surface area contributed by atoms with Crippen molar-refractivity contribution in [2.24, 2.45) is 0 Å². The minimum Gasteiger partial charge on any atom is -0.679 e. The van der Waals surface area contributed by atoms with Crippen molar-refractivity contribution in [3.05, 3.63) is 298 Å². The minimum absolute atomic E-state index is 0. The van der Waals surface area contributed by atoms with Crippen molar-refractivity contribution in [2.75, 3.05) is 0 Å². The summed E-state index contributed by atoms with van der Waals surface area (Å²) in [5.41, 5.74) is 17.3. The Balaban J connectivity index is 0.000000127. The zero-order valence-electron chi connectivity index (χ0n) is 40.9. The van der Waals surface area contributed by atoms with Crippen molar-refractivity contribution >= 4 is 43.7 Å². The first-order valence-corrected chi connectivity index (χ1v) is 24.5. The van der Waals surface area contributed by atoms with E-state index in [9.17, 15) is 0 Å². The van der Waals surface area contributed by atoms with Gasteiger partial charge in [-0.05, 0) is 73.2 Å². The Morgan fingerprint density at radius 1 is 0.289 bits per heavy atom. The molecule has 0 saturated heterocycles. The molecule has 5 aromatic heterocycles. The van der Waals surface area contributed by atoms with Gasteiger partial charge >= 0.3 is 20.4 Å². The van der Waals surface area contributed by atoms with Gasteiger partial charge in [-0.3, -0.25) is 5.52 Å². The predicted octanol–water partition coefficient (Wildman–Crippen LogP) is 16.9. The molecule has 370 valence electrons. The molecule has 0 aliphatic heterocycles. The maximum absolute atomic E-state index is 4.54. The Labute approximate surface area is 470 Å². The summed E-state index contributed by atoms with van der Waals surface area (Å²) in [6, 6.07) is 98.2. The van der Waals surface area contributed by atoms with Crippen LogP contribution in [0.15, 0.2) is 279 Å². The van der Waals surface area contributed by atoms with E-state index in [1.54, 1.807) is 6.20 Å². The summed E-state index contributed by atoms with van der Waals surface area (Å²) in [5.74, 6) is 0. The monoisotopic (exact) mass is 1160 g/mol. The van der Waals surface area contributed by atoms with E-state index in [1.807, 2.05) is 116 Å². The molecule has 5 nitrogen and oxygen atoms in total. The van der Waals surface area contributed by atoms with Crippen molar-refractivity contribution in [1.29, 1.82) is 0 Å². The molecule has 76 heavy (non-hydrogen) atoms. The summed E-state index contributed by atoms with van der Waals surface area (Å²) < 4.78 is 0. The molecule has 0 N–H and O–H groups in total. The molecule has 0 aliphatic carbocycles. The van der Waals surface area contributed by atoms with Crippen molar-refractivity contribution < 1.29 is 40.8 Å². The fourth-order valence-corrected chi connectivity index (χ4v) is 8.89.